The molecule has 120 valence electrons. The van der Waals surface area contributed by atoms with Crippen LogP contribution in [-0.2, 0) is 11.2 Å². The van der Waals surface area contributed by atoms with E-state index in [9.17, 15) is 9.59 Å². The Bertz CT molecular complexity index is 656. The summed E-state index contributed by atoms with van der Waals surface area (Å²) in [5.74, 6) is -0.856. The molecule has 0 bridgehead atoms. The van der Waals surface area contributed by atoms with E-state index in [2.05, 4.69) is 5.32 Å². The largest absolute Gasteiger partial charge is 0.368 e. The summed E-state index contributed by atoms with van der Waals surface area (Å²) in [6.45, 7) is 0. The molecule has 0 unspecified atom stereocenters. The molecule has 0 aliphatic heterocycles. The third-order valence-electron chi connectivity index (χ3n) is 3.56. The molecule has 2 rings (SSSR count). The van der Waals surface area contributed by atoms with Crippen molar-refractivity contribution in [3.05, 3.63) is 70.7 Å². The Morgan fingerprint density at radius 2 is 1.70 bits per heavy atom. The number of benzene rings is 2. The van der Waals surface area contributed by atoms with Crippen molar-refractivity contribution in [2.45, 2.75) is 25.3 Å². The van der Waals surface area contributed by atoms with Crippen molar-refractivity contribution in [1.82, 2.24) is 5.32 Å². The molecule has 0 radical (unpaired) electrons. The van der Waals surface area contributed by atoms with E-state index >= 15 is 0 Å². The molecule has 2 aromatic rings. The van der Waals surface area contributed by atoms with E-state index < -0.39 is 11.9 Å². The van der Waals surface area contributed by atoms with E-state index in [4.69, 9.17) is 17.3 Å². The first-order valence-corrected chi connectivity index (χ1v) is 7.84. The maximum atomic E-state index is 12.1. The normalized spacial score (nSPS) is 11.7. The van der Waals surface area contributed by atoms with Gasteiger partial charge in [-0.15, -0.1) is 0 Å². The van der Waals surface area contributed by atoms with Gasteiger partial charge < -0.3 is 11.1 Å². The lowest BCUT2D eigenvalue weighted by atomic mass is 10.0. The minimum absolute atomic E-state index is 0.329. The number of hydrogen-bond donors (Lipinski definition) is 2. The SMILES string of the molecule is NC(=O)[C@@H](CCCc1ccccc1)NC(=O)c1ccc(Cl)cc1. The van der Waals surface area contributed by atoms with E-state index in [-0.39, 0.29) is 5.91 Å². The number of nitrogens with two attached hydrogens (primary N) is 1. The van der Waals surface area contributed by atoms with Crippen molar-refractivity contribution in [1.29, 1.82) is 0 Å². The fourth-order valence-electron chi connectivity index (χ4n) is 2.28. The van der Waals surface area contributed by atoms with Crippen molar-refractivity contribution in [2.24, 2.45) is 5.73 Å². The van der Waals surface area contributed by atoms with E-state index in [1.165, 1.54) is 5.56 Å². The summed E-state index contributed by atoms with van der Waals surface area (Å²) >= 11 is 5.79. The lowest BCUT2D eigenvalue weighted by molar-refractivity contribution is -0.120. The first-order valence-electron chi connectivity index (χ1n) is 7.46. The molecule has 0 saturated heterocycles. The molecule has 2 amide bonds. The lowest BCUT2D eigenvalue weighted by Gasteiger charge is -2.15. The minimum Gasteiger partial charge on any atom is -0.368 e. The number of primary amides is 1. The molecule has 0 spiro atoms. The molecule has 2 aromatic carbocycles. The van der Waals surface area contributed by atoms with Crippen LogP contribution < -0.4 is 11.1 Å². The Morgan fingerprint density at radius 1 is 1.04 bits per heavy atom. The Morgan fingerprint density at radius 3 is 2.30 bits per heavy atom. The zero-order valence-corrected chi connectivity index (χ0v) is 13.4. The second kappa shape index (κ2) is 8.34. The summed E-state index contributed by atoms with van der Waals surface area (Å²) in [6.07, 6.45) is 2.10. The second-order valence-corrected chi connectivity index (χ2v) is 5.75. The van der Waals surface area contributed by atoms with Gasteiger partial charge in [0.1, 0.15) is 6.04 Å². The van der Waals surface area contributed by atoms with Gasteiger partial charge in [0.2, 0.25) is 5.91 Å². The fraction of sp³-hybridized carbons (Fsp3) is 0.222. The highest BCUT2D eigenvalue weighted by Crippen LogP contribution is 2.11. The summed E-state index contributed by atoms with van der Waals surface area (Å²) in [6, 6.07) is 15.8. The van der Waals surface area contributed by atoms with Gasteiger partial charge in [0.25, 0.3) is 5.91 Å². The maximum Gasteiger partial charge on any atom is 0.251 e. The maximum absolute atomic E-state index is 12.1. The Hall–Kier alpha value is -2.33. The first-order chi connectivity index (χ1) is 11.1. The highest BCUT2D eigenvalue weighted by Gasteiger charge is 2.18. The molecule has 3 N–H and O–H groups in total. The van der Waals surface area contributed by atoms with Crippen molar-refractivity contribution >= 4 is 23.4 Å². The van der Waals surface area contributed by atoms with Crippen LogP contribution >= 0.6 is 11.6 Å². The zero-order valence-electron chi connectivity index (χ0n) is 12.7. The van der Waals surface area contributed by atoms with E-state index in [1.807, 2.05) is 30.3 Å². The van der Waals surface area contributed by atoms with Gasteiger partial charge in [-0.05, 0) is 49.1 Å². The summed E-state index contributed by atoms with van der Waals surface area (Å²) in [7, 11) is 0. The van der Waals surface area contributed by atoms with Crippen LogP contribution in [0.25, 0.3) is 0 Å². The number of hydrogen-bond acceptors (Lipinski definition) is 2. The molecular weight excluding hydrogens is 312 g/mol. The van der Waals surface area contributed by atoms with Gasteiger partial charge >= 0.3 is 0 Å². The number of carbonyl (C=O) groups is 2. The monoisotopic (exact) mass is 330 g/mol. The third kappa shape index (κ3) is 5.42. The topological polar surface area (TPSA) is 72.2 Å². The van der Waals surface area contributed by atoms with Crippen LogP contribution in [-0.4, -0.2) is 17.9 Å². The van der Waals surface area contributed by atoms with Gasteiger partial charge in [0.05, 0.1) is 0 Å². The molecule has 4 nitrogen and oxygen atoms in total. The van der Waals surface area contributed by atoms with E-state index in [0.717, 1.165) is 12.8 Å². The molecule has 0 heterocycles. The number of nitrogens with one attached hydrogen (secondary N) is 1. The Labute approximate surface area is 140 Å². The van der Waals surface area contributed by atoms with E-state index in [0.29, 0.717) is 17.0 Å². The molecule has 0 aromatic heterocycles. The van der Waals surface area contributed by atoms with Gasteiger partial charge in [-0.3, -0.25) is 9.59 Å². The van der Waals surface area contributed by atoms with Crippen molar-refractivity contribution in [3.8, 4) is 0 Å². The van der Waals surface area contributed by atoms with Crippen LogP contribution in [0.4, 0.5) is 0 Å². The number of carbonyl (C=O) groups excluding carboxylic acids is 2. The number of rotatable bonds is 7. The highest BCUT2D eigenvalue weighted by molar-refractivity contribution is 6.30. The summed E-state index contributed by atoms with van der Waals surface area (Å²) in [5, 5.41) is 3.23. The Balaban J connectivity index is 1.89. The molecule has 5 heteroatoms. The average Bonchev–Trinajstić information content (AvgIpc) is 2.55. The van der Waals surface area contributed by atoms with Crippen LogP contribution in [0.1, 0.15) is 28.8 Å². The van der Waals surface area contributed by atoms with E-state index in [1.54, 1.807) is 24.3 Å². The molecule has 0 aliphatic rings. The standard InChI is InChI=1S/C18H19ClN2O2/c19-15-11-9-14(10-12-15)18(23)21-16(17(20)22)8-4-7-13-5-2-1-3-6-13/h1-3,5-6,9-12,16H,4,7-8H2,(H2,20,22)(H,21,23)/t16-/m1/s1. The Kier molecular flexibility index (Phi) is 6.18. The average molecular weight is 331 g/mol. The predicted octanol–water partition coefficient (Wildman–Crippen LogP) is 2.95. The predicted molar refractivity (Wildman–Crippen MR) is 91.3 cm³/mol. The van der Waals surface area contributed by atoms with Crippen LogP contribution in [0.5, 0.6) is 0 Å². The third-order valence-corrected chi connectivity index (χ3v) is 3.81. The second-order valence-electron chi connectivity index (χ2n) is 5.31. The molecule has 0 aliphatic carbocycles. The molecular formula is C18H19ClN2O2. The van der Waals surface area contributed by atoms with Gasteiger partial charge in [0.15, 0.2) is 0 Å². The molecule has 0 fully saturated rings. The zero-order chi connectivity index (χ0) is 16.7. The van der Waals surface area contributed by atoms with Crippen LogP contribution in [0.15, 0.2) is 54.6 Å². The van der Waals surface area contributed by atoms with Crippen molar-refractivity contribution < 1.29 is 9.59 Å². The van der Waals surface area contributed by atoms with Gasteiger partial charge in [0, 0.05) is 10.6 Å². The quantitative estimate of drug-likeness (QED) is 0.819. The molecule has 23 heavy (non-hydrogen) atoms. The summed E-state index contributed by atoms with van der Waals surface area (Å²) in [5.41, 5.74) is 7.03. The number of amides is 2. The van der Waals surface area contributed by atoms with Gasteiger partial charge in [-0.2, -0.15) is 0 Å². The van der Waals surface area contributed by atoms with Crippen molar-refractivity contribution in [3.63, 3.8) is 0 Å². The lowest BCUT2D eigenvalue weighted by Crippen LogP contribution is -2.44. The summed E-state index contributed by atoms with van der Waals surface area (Å²) < 4.78 is 0. The highest BCUT2D eigenvalue weighted by atomic mass is 35.5. The van der Waals surface area contributed by atoms with Crippen LogP contribution in [0, 0.1) is 0 Å². The molecule has 1 atom stereocenters. The summed E-state index contributed by atoms with van der Waals surface area (Å²) in [4.78, 5) is 23.7. The smallest absolute Gasteiger partial charge is 0.251 e. The number of aryl methyl sites for hydroxylation is 1. The van der Waals surface area contributed by atoms with Crippen LogP contribution in [0.3, 0.4) is 0 Å². The van der Waals surface area contributed by atoms with Gasteiger partial charge in [-0.1, -0.05) is 41.9 Å². The minimum atomic E-state index is -0.679. The molecule has 0 saturated carbocycles. The first kappa shape index (κ1) is 17.0. The number of halogens is 1. The van der Waals surface area contributed by atoms with Gasteiger partial charge in [-0.25, -0.2) is 0 Å². The van der Waals surface area contributed by atoms with Crippen molar-refractivity contribution in [2.75, 3.05) is 0 Å². The van der Waals surface area contributed by atoms with Crippen LogP contribution in [0.2, 0.25) is 5.02 Å². The fourth-order valence-corrected chi connectivity index (χ4v) is 2.41.